The molecule has 3 N–H and O–H groups in total. The van der Waals surface area contributed by atoms with Crippen molar-refractivity contribution in [1.82, 2.24) is 5.32 Å². The van der Waals surface area contributed by atoms with Gasteiger partial charge in [-0.15, -0.1) is 0 Å². The Kier molecular flexibility index (Phi) is 3.10. The zero-order valence-electron chi connectivity index (χ0n) is 5.51. The molecule has 0 aromatic carbocycles. The van der Waals surface area contributed by atoms with E-state index in [1.807, 2.05) is 5.32 Å². The number of carbonyl (C=O) groups is 3. The molecule has 2 amide bonds. The molecule has 10 heavy (non-hydrogen) atoms. The lowest BCUT2D eigenvalue weighted by Crippen LogP contribution is -2.36. The van der Waals surface area contributed by atoms with Crippen molar-refractivity contribution < 1.29 is 14.4 Å². The van der Waals surface area contributed by atoms with Crippen molar-refractivity contribution in [3.63, 3.8) is 0 Å². The zero-order valence-corrected chi connectivity index (χ0v) is 5.51. The first-order valence-corrected chi connectivity index (χ1v) is 2.61. The summed E-state index contributed by atoms with van der Waals surface area (Å²) in [6.07, 6.45) is 0. The number of primary amides is 1. The third-order valence-electron chi connectivity index (χ3n) is 0.743. The van der Waals surface area contributed by atoms with Gasteiger partial charge in [0.25, 0.3) is 5.91 Å². The third-order valence-corrected chi connectivity index (χ3v) is 0.743. The van der Waals surface area contributed by atoms with Gasteiger partial charge in [0.2, 0.25) is 11.7 Å². The summed E-state index contributed by atoms with van der Waals surface area (Å²) in [6.45, 7) is 0.814. The van der Waals surface area contributed by atoms with Crippen LogP contribution in [0.3, 0.4) is 0 Å². The van der Waals surface area contributed by atoms with Crippen LogP contribution < -0.4 is 11.1 Å². The summed E-state index contributed by atoms with van der Waals surface area (Å²) in [5, 5.41) is 2.02. The minimum absolute atomic E-state index is 0.293. The molecule has 0 atom stereocenters. The van der Waals surface area contributed by atoms with E-state index in [0.717, 1.165) is 6.92 Å². The van der Waals surface area contributed by atoms with Crippen LogP contribution in [0.4, 0.5) is 0 Å². The van der Waals surface area contributed by atoms with Gasteiger partial charge in [0.15, 0.2) is 0 Å². The second kappa shape index (κ2) is 3.60. The van der Waals surface area contributed by atoms with Gasteiger partial charge in [-0.25, -0.2) is 0 Å². The lowest BCUT2D eigenvalue weighted by Gasteiger charge is -1.96. The molecule has 0 radical (unpaired) electrons. The Balaban J connectivity index is 3.60. The van der Waals surface area contributed by atoms with E-state index in [1.54, 1.807) is 0 Å². The van der Waals surface area contributed by atoms with E-state index < -0.39 is 17.6 Å². The van der Waals surface area contributed by atoms with Gasteiger partial charge in [0.05, 0.1) is 6.54 Å². The molecule has 0 aromatic heterocycles. The number of Topliss-reactive ketones (excluding diaryl/α,β-unsaturated/α-hetero) is 1. The third kappa shape index (κ3) is 3.59. The standard InChI is InChI=1S/C5H8N2O3/c1-3(8)5(10)7-2-4(6)9/h2H2,1H3,(H2,6,9)(H,7,10). The number of carbonyl (C=O) groups excluding carboxylic acids is 3. The molecule has 0 aliphatic rings. The number of nitrogens with two attached hydrogens (primary N) is 1. The zero-order chi connectivity index (χ0) is 8.15. The minimum atomic E-state index is -0.793. The van der Waals surface area contributed by atoms with Crippen molar-refractivity contribution in [1.29, 1.82) is 0 Å². The highest BCUT2D eigenvalue weighted by atomic mass is 16.2. The van der Waals surface area contributed by atoms with Crippen LogP contribution in [0.2, 0.25) is 0 Å². The Labute approximate surface area is 57.6 Å². The number of rotatable bonds is 3. The summed E-state index contributed by atoms with van der Waals surface area (Å²) in [7, 11) is 0. The van der Waals surface area contributed by atoms with Gasteiger partial charge in [-0.3, -0.25) is 14.4 Å². The molecule has 0 fully saturated rings. The topological polar surface area (TPSA) is 89.3 Å². The van der Waals surface area contributed by atoms with Crippen LogP contribution in [0.15, 0.2) is 0 Å². The highest BCUT2D eigenvalue weighted by Crippen LogP contribution is 1.67. The quantitative estimate of drug-likeness (QED) is 0.457. The maximum atomic E-state index is 10.4. The van der Waals surface area contributed by atoms with E-state index in [4.69, 9.17) is 0 Å². The number of hydrogen-bond donors (Lipinski definition) is 2. The molecule has 56 valence electrons. The van der Waals surface area contributed by atoms with Crippen LogP contribution in [-0.4, -0.2) is 24.1 Å². The van der Waals surface area contributed by atoms with E-state index in [2.05, 4.69) is 5.73 Å². The van der Waals surface area contributed by atoms with E-state index in [-0.39, 0.29) is 6.54 Å². The van der Waals surface area contributed by atoms with Gasteiger partial charge < -0.3 is 11.1 Å². The second-order valence-electron chi connectivity index (χ2n) is 1.71. The van der Waals surface area contributed by atoms with Crippen molar-refractivity contribution in [2.45, 2.75) is 6.92 Å². The van der Waals surface area contributed by atoms with E-state index in [1.165, 1.54) is 0 Å². The van der Waals surface area contributed by atoms with Gasteiger partial charge in [-0.05, 0) is 0 Å². The predicted molar refractivity (Wildman–Crippen MR) is 32.9 cm³/mol. The van der Waals surface area contributed by atoms with Crippen LogP contribution in [0, 0.1) is 0 Å². The Hall–Kier alpha value is -1.39. The van der Waals surface area contributed by atoms with Gasteiger partial charge in [0.1, 0.15) is 0 Å². The molecule has 0 aliphatic carbocycles. The van der Waals surface area contributed by atoms with Crippen LogP contribution in [0.25, 0.3) is 0 Å². The molecule has 0 rings (SSSR count). The van der Waals surface area contributed by atoms with Crippen molar-refractivity contribution in [2.75, 3.05) is 6.54 Å². The lowest BCUT2D eigenvalue weighted by atomic mass is 10.4. The monoisotopic (exact) mass is 144 g/mol. The molecule has 0 unspecified atom stereocenters. The number of ketones is 1. The molecule has 5 heteroatoms. The van der Waals surface area contributed by atoms with Gasteiger partial charge >= 0.3 is 0 Å². The van der Waals surface area contributed by atoms with Crippen molar-refractivity contribution in [3.8, 4) is 0 Å². The molecule has 5 nitrogen and oxygen atoms in total. The average molecular weight is 144 g/mol. The second-order valence-corrected chi connectivity index (χ2v) is 1.71. The SMILES string of the molecule is CC(=O)C(=O)NCC(N)=O. The fourth-order valence-corrected chi connectivity index (χ4v) is 0.292. The summed E-state index contributed by atoms with van der Waals surface area (Å²) in [4.78, 5) is 30.6. The first-order chi connectivity index (χ1) is 4.54. The first-order valence-electron chi connectivity index (χ1n) is 2.61. The molecule has 0 spiro atoms. The summed E-state index contributed by atoms with van der Waals surface area (Å²) in [5.41, 5.74) is 4.68. The van der Waals surface area contributed by atoms with Crippen molar-refractivity contribution in [2.24, 2.45) is 5.73 Å². The lowest BCUT2D eigenvalue weighted by molar-refractivity contribution is -0.137. The number of amides is 2. The van der Waals surface area contributed by atoms with E-state index in [0.29, 0.717) is 0 Å². The maximum Gasteiger partial charge on any atom is 0.287 e. The molecule has 0 aliphatic heterocycles. The molecular weight excluding hydrogens is 136 g/mol. The summed E-state index contributed by atoms with van der Waals surface area (Å²) >= 11 is 0. The molecule has 0 aromatic rings. The van der Waals surface area contributed by atoms with Crippen molar-refractivity contribution in [3.05, 3.63) is 0 Å². The average Bonchev–Trinajstić information content (AvgIpc) is 1.82. The van der Waals surface area contributed by atoms with Gasteiger partial charge in [-0.1, -0.05) is 0 Å². The molecule has 0 bridgehead atoms. The summed E-state index contributed by atoms with van der Waals surface area (Å²) in [6, 6.07) is 0. The van der Waals surface area contributed by atoms with Crippen molar-refractivity contribution >= 4 is 17.6 Å². The fourth-order valence-electron chi connectivity index (χ4n) is 0.292. The Morgan fingerprint density at radius 2 is 1.90 bits per heavy atom. The Bertz CT molecular complexity index is 176. The van der Waals surface area contributed by atoms with Gasteiger partial charge in [-0.2, -0.15) is 0 Å². The van der Waals surface area contributed by atoms with E-state index in [9.17, 15) is 14.4 Å². The largest absolute Gasteiger partial charge is 0.368 e. The molecule has 0 saturated carbocycles. The highest BCUT2D eigenvalue weighted by molar-refractivity contribution is 6.35. The first kappa shape index (κ1) is 8.61. The molecule has 0 heterocycles. The molecule has 0 saturated heterocycles. The Morgan fingerprint density at radius 3 is 2.20 bits per heavy atom. The Morgan fingerprint density at radius 1 is 1.40 bits per heavy atom. The fraction of sp³-hybridized carbons (Fsp3) is 0.400. The smallest absolute Gasteiger partial charge is 0.287 e. The van der Waals surface area contributed by atoms with Crippen LogP contribution in [0.5, 0.6) is 0 Å². The summed E-state index contributed by atoms with van der Waals surface area (Å²) < 4.78 is 0. The van der Waals surface area contributed by atoms with Crippen LogP contribution >= 0.6 is 0 Å². The predicted octanol–water partition coefficient (Wildman–Crippen LogP) is -1.82. The highest BCUT2D eigenvalue weighted by Gasteiger charge is 2.06. The van der Waals surface area contributed by atoms with Crippen LogP contribution in [0.1, 0.15) is 6.92 Å². The van der Waals surface area contributed by atoms with Crippen LogP contribution in [-0.2, 0) is 14.4 Å². The number of nitrogens with one attached hydrogen (secondary N) is 1. The normalized spacial score (nSPS) is 8.50. The van der Waals surface area contributed by atoms with Gasteiger partial charge in [0, 0.05) is 6.92 Å². The molecular formula is C5H8N2O3. The minimum Gasteiger partial charge on any atom is -0.368 e. The van der Waals surface area contributed by atoms with E-state index >= 15 is 0 Å². The summed E-state index contributed by atoms with van der Waals surface area (Å²) in [5.74, 6) is -2.10. The maximum absolute atomic E-state index is 10.4. The number of hydrogen-bond acceptors (Lipinski definition) is 3.